The lowest BCUT2D eigenvalue weighted by Crippen LogP contribution is -2.58. The van der Waals surface area contributed by atoms with Gasteiger partial charge in [-0.15, -0.1) is 0 Å². The second-order valence-corrected chi connectivity index (χ2v) is 8.24. The number of carbonyl (C=O) groups excluding carboxylic acids is 1. The van der Waals surface area contributed by atoms with Crippen molar-refractivity contribution in [2.45, 2.75) is 51.6 Å². The standard InChI is InChI=1S/C20H30N4O2/c1-19(2,3)13-17(22)18(25)23-20(14-21)9-11-24(12-10-20)15-5-7-16(26-4)8-6-15/h5-8,17H,9-13,22H2,1-4H3,(H,23,25). The van der Waals surface area contributed by atoms with E-state index >= 15 is 0 Å². The van der Waals surface area contributed by atoms with Gasteiger partial charge in [-0.3, -0.25) is 4.79 Å². The van der Waals surface area contributed by atoms with Crippen molar-refractivity contribution in [1.82, 2.24) is 5.32 Å². The molecule has 0 aromatic heterocycles. The molecule has 1 saturated heterocycles. The summed E-state index contributed by atoms with van der Waals surface area (Å²) in [5.74, 6) is 0.580. The number of nitrogens with zero attached hydrogens (tertiary/aromatic N) is 2. The molecule has 1 aromatic carbocycles. The SMILES string of the molecule is COc1ccc(N2CCC(C#N)(NC(=O)C(N)CC(C)(C)C)CC2)cc1. The van der Waals surface area contributed by atoms with Crippen LogP contribution >= 0.6 is 0 Å². The van der Waals surface area contributed by atoms with Crippen molar-refractivity contribution in [3.8, 4) is 11.8 Å². The summed E-state index contributed by atoms with van der Waals surface area (Å²) in [6.07, 6.45) is 1.73. The van der Waals surface area contributed by atoms with E-state index in [9.17, 15) is 10.1 Å². The van der Waals surface area contributed by atoms with Gasteiger partial charge in [0.25, 0.3) is 0 Å². The number of hydrogen-bond donors (Lipinski definition) is 2. The molecule has 0 bridgehead atoms. The van der Waals surface area contributed by atoms with Crippen molar-refractivity contribution in [2.75, 3.05) is 25.1 Å². The molecule has 142 valence electrons. The van der Waals surface area contributed by atoms with E-state index in [2.05, 4.69) is 16.3 Å². The minimum atomic E-state index is -0.838. The van der Waals surface area contributed by atoms with Crippen LogP contribution in [0.5, 0.6) is 5.75 Å². The van der Waals surface area contributed by atoms with Crippen LogP contribution in [0.2, 0.25) is 0 Å². The number of nitrogens with one attached hydrogen (secondary N) is 1. The molecule has 0 radical (unpaired) electrons. The van der Waals surface area contributed by atoms with Crippen molar-refractivity contribution >= 4 is 11.6 Å². The van der Waals surface area contributed by atoms with Crippen LogP contribution in [-0.4, -0.2) is 37.7 Å². The van der Waals surface area contributed by atoms with Gasteiger partial charge in [0, 0.05) is 31.6 Å². The first-order valence-corrected chi connectivity index (χ1v) is 9.06. The molecule has 0 saturated carbocycles. The smallest absolute Gasteiger partial charge is 0.238 e. The van der Waals surface area contributed by atoms with E-state index in [1.54, 1.807) is 7.11 Å². The van der Waals surface area contributed by atoms with Gasteiger partial charge in [0.2, 0.25) is 5.91 Å². The third-order valence-corrected chi connectivity index (χ3v) is 4.80. The summed E-state index contributed by atoms with van der Waals surface area (Å²) in [4.78, 5) is 14.7. The minimum absolute atomic E-state index is 0.0334. The first kappa shape index (κ1) is 20.1. The van der Waals surface area contributed by atoms with Gasteiger partial charge in [-0.2, -0.15) is 5.26 Å². The van der Waals surface area contributed by atoms with Gasteiger partial charge in [-0.05, 0) is 36.1 Å². The Morgan fingerprint density at radius 2 is 1.92 bits per heavy atom. The molecule has 1 aromatic rings. The van der Waals surface area contributed by atoms with Crippen LogP contribution in [0.1, 0.15) is 40.0 Å². The molecule has 2 rings (SSSR count). The van der Waals surface area contributed by atoms with Crippen molar-refractivity contribution in [1.29, 1.82) is 5.26 Å². The number of benzene rings is 1. The molecule has 1 amide bonds. The average Bonchev–Trinajstić information content (AvgIpc) is 2.61. The Kier molecular flexibility index (Phi) is 6.14. The highest BCUT2D eigenvalue weighted by atomic mass is 16.5. The number of amides is 1. The summed E-state index contributed by atoms with van der Waals surface area (Å²) < 4.78 is 5.19. The molecule has 26 heavy (non-hydrogen) atoms. The molecule has 1 aliphatic heterocycles. The maximum Gasteiger partial charge on any atom is 0.238 e. The third kappa shape index (κ3) is 5.12. The molecule has 0 aliphatic carbocycles. The number of carbonyl (C=O) groups is 1. The number of rotatable bonds is 5. The van der Waals surface area contributed by atoms with Crippen molar-refractivity contribution in [3.05, 3.63) is 24.3 Å². The Bertz CT molecular complexity index is 650. The van der Waals surface area contributed by atoms with Crippen molar-refractivity contribution < 1.29 is 9.53 Å². The fourth-order valence-electron chi connectivity index (χ4n) is 3.29. The van der Waals surface area contributed by atoms with Gasteiger partial charge in [0.15, 0.2) is 0 Å². The zero-order chi connectivity index (χ0) is 19.4. The Hall–Kier alpha value is -2.26. The predicted molar refractivity (Wildman–Crippen MR) is 103 cm³/mol. The Balaban J connectivity index is 1.97. The molecular weight excluding hydrogens is 328 g/mol. The number of piperidine rings is 1. The summed E-state index contributed by atoms with van der Waals surface area (Å²) in [5.41, 5.74) is 6.26. The van der Waals surface area contributed by atoms with Crippen LogP contribution in [0.25, 0.3) is 0 Å². The quantitative estimate of drug-likeness (QED) is 0.843. The molecule has 0 spiro atoms. The normalized spacial score (nSPS) is 17.9. The highest BCUT2D eigenvalue weighted by Crippen LogP contribution is 2.28. The number of methoxy groups -OCH3 is 1. The van der Waals surface area contributed by atoms with Crippen LogP contribution in [0.15, 0.2) is 24.3 Å². The fourth-order valence-corrected chi connectivity index (χ4v) is 3.29. The van der Waals surface area contributed by atoms with E-state index in [1.165, 1.54) is 0 Å². The highest BCUT2D eigenvalue weighted by molar-refractivity contribution is 5.82. The van der Waals surface area contributed by atoms with E-state index in [0.29, 0.717) is 32.4 Å². The van der Waals surface area contributed by atoms with Crippen LogP contribution in [0.3, 0.4) is 0 Å². The molecule has 6 nitrogen and oxygen atoms in total. The van der Waals surface area contributed by atoms with Gasteiger partial charge in [0.1, 0.15) is 11.3 Å². The molecule has 1 unspecified atom stereocenters. The second kappa shape index (κ2) is 7.96. The minimum Gasteiger partial charge on any atom is -0.497 e. The Labute approximate surface area is 156 Å². The number of nitrogens with two attached hydrogens (primary N) is 1. The van der Waals surface area contributed by atoms with Gasteiger partial charge in [-0.1, -0.05) is 20.8 Å². The molecule has 3 N–H and O–H groups in total. The molecule has 1 fully saturated rings. The van der Waals surface area contributed by atoms with Gasteiger partial charge in [0.05, 0.1) is 19.2 Å². The lowest BCUT2D eigenvalue weighted by atomic mass is 9.86. The van der Waals surface area contributed by atoms with Crippen molar-refractivity contribution in [3.63, 3.8) is 0 Å². The average molecular weight is 358 g/mol. The van der Waals surface area contributed by atoms with E-state index in [-0.39, 0.29) is 11.3 Å². The lowest BCUT2D eigenvalue weighted by Gasteiger charge is -2.39. The first-order chi connectivity index (χ1) is 12.2. The molecule has 6 heteroatoms. The molecule has 1 heterocycles. The highest BCUT2D eigenvalue weighted by Gasteiger charge is 2.37. The van der Waals surface area contributed by atoms with E-state index in [1.807, 2.05) is 45.0 Å². The molecular formula is C20H30N4O2. The van der Waals surface area contributed by atoms with Gasteiger partial charge < -0.3 is 20.7 Å². The summed E-state index contributed by atoms with van der Waals surface area (Å²) in [5, 5.41) is 12.6. The van der Waals surface area contributed by atoms with Gasteiger partial charge >= 0.3 is 0 Å². The maximum absolute atomic E-state index is 12.5. The summed E-state index contributed by atoms with van der Waals surface area (Å²) >= 11 is 0. The van der Waals surface area contributed by atoms with Crippen LogP contribution < -0.4 is 20.7 Å². The Morgan fingerprint density at radius 3 is 2.38 bits per heavy atom. The number of ether oxygens (including phenoxy) is 1. The predicted octanol–water partition coefficient (Wildman–Crippen LogP) is 2.44. The maximum atomic E-state index is 12.5. The van der Waals surface area contributed by atoms with E-state index < -0.39 is 11.6 Å². The topological polar surface area (TPSA) is 91.4 Å². The van der Waals surface area contributed by atoms with Gasteiger partial charge in [-0.25, -0.2) is 0 Å². The molecule has 1 aliphatic rings. The number of nitriles is 1. The molecule has 1 atom stereocenters. The van der Waals surface area contributed by atoms with Crippen molar-refractivity contribution in [2.24, 2.45) is 11.1 Å². The fraction of sp³-hybridized carbons (Fsp3) is 0.600. The summed E-state index contributed by atoms with van der Waals surface area (Å²) in [6, 6.07) is 9.60. The zero-order valence-electron chi connectivity index (χ0n) is 16.2. The lowest BCUT2D eigenvalue weighted by molar-refractivity contribution is -0.124. The van der Waals surface area contributed by atoms with Crippen LogP contribution in [-0.2, 0) is 4.79 Å². The van der Waals surface area contributed by atoms with E-state index in [4.69, 9.17) is 10.5 Å². The summed E-state index contributed by atoms with van der Waals surface area (Å²) in [7, 11) is 1.64. The first-order valence-electron chi connectivity index (χ1n) is 9.06. The van der Waals surface area contributed by atoms with E-state index in [0.717, 1.165) is 11.4 Å². The second-order valence-electron chi connectivity index (χ2n) is 8.24. The monoisotopic (exact) mass is 358 g/mol. The van der Waals surface area contributed by atoms with Crippen LogP contribution in [0.4, 0.5) is 5.69 Å². The number of anilines is 1. The summed E-state index contributed by atoms with van der Waals surface area (Å²) in [6.45, 7) is 7.55. The van der Waals surface area contributed by atoms with Crippen LogP contribution in [0, 0.1) is 16.7 Å². The zero-order valence-corrected chi connectivity index (χ0v) is 16.2. The largest absolute Gasteiger partial charge is 0.497 e. The third-order valence-electron chi connectivity index (χ3n) is 4.80. The number of hydrogen-bond acceptors (Lipinski definition) is 5. The Morgan fingerprint density at radius 1 is 1.35 bits per heavy atom.